The highest BCUT2D eigenvalue weighted by Gasteiger charge is 2.31. The Labute approximate surface area is 166 Å². The summed E-state index contributed by atoms with van der Waals surface area (Å²) in [6.45, 7) is 0. The van der Waals surface area contributed by atoms with Gasteiger partial charge in [-0.2, -0.15) is 13.2 Å². The maximum atomic E-state index is 14.1. The predicted octanol–water partition coefficient (Wildman–Crippen LogP) is 5.99. The number of hydrogen-bond acceptors (Lipinski definition) is 2. The van der Waals surface area contributed by atoms with Crippen molar-refractivity contribution in [3.63, 3.8) is 0 Å². The van der Waals surface area contributed by atoms with Crippen LogP contribution in [0.5, 0.6) is 0 Å². The molecule has 29 heavy (non-hydrogen) atoms. The monoisotopic (exact) mass is 427 g/mol. The van der Waals surface area contributed by atoms with Gasteiger partial charge in [0.15, 0.2) is 11.6 Å². The van der Waals surface area contributed by atoms with Gasteiger partial charge >= 0.3 is 12.1 Å². The number of alkyl halides is 3. The van der Waals surface area contributed by atoms with E-state index in [1.165, 1.54) is 18.2 Å². The van der Waals surface area contributed by atoms with Crippen LogP contribution in [0.2, 0.25) is 5.02 Å². The summed E-state index contributed by atoms with van der Waals surface area (Å²) in [6.07, 6.45) is -4.97. The quantitative estimate of drug-likeness (QED) is 0.520. The summed E-state index contributed by atoms with van der Waals surface area (Å²) in [5, 5.41) is 9.35. The van der Waals surface area contributed by atoms with E-state index in [0.29, 0.717) is 0 Å². The molecule has 3 nitrogen and oxygen atoms in total. The molecule has 3 rings (SSSR count). The first kappa shape index (κ1) is 20.7. The minimum Gasteiger partial charge on any atom is -0.478 e. The number of benzene rings is 2. The lowest BCUT2D eigenvalue weighted by atomic mass is 10.0. The summed E-state index contributed by atoms with van der Waals surface area (Å²) < 4.78 is 66.5. The van der Waals surface area contributed by atoms with E-state index in [1.54, 1.807) is 0 Å². The number of carboxylic acid groups (broad SMARTS) is 1. The van der Waals surface area contributed by atoms with Crippen LogP contribution in [0.15, 0.2) is 48.5 Å². The van der Waals surface area contributed by atoms with Gasteiger partial charge in [0.25, 0.3) is 0 Å². The fraction of sp³-hybridized carbons (Fsp3) is 0.100. The van der Waals surface area contributed by atoms with Crippen molar-refractivity contribution < 1.29 is 31.9 Å². The Hall–Kier alpha value is -3.00. The van der Waals surface area contributed by atoms with Gasteiger partial charge in [-0.25, -0.2) is 13.6 Å². The Balaban J connectivity index is 2.11. The molecule has 9 heteroatoms. The van der Waals surface area contributed by atoms with E-state index in [0.717, 1.165) is 30.3 Å². The van der Waals surface area contributed by atoms with Crippen molar-refractivity contribution in [3.8, 4) is 11.3 Å². The van der Waals surface area contributed by atoms with Crippen LogP contribution in [-0.2, 0) is 12.6 Å². The van der Waals surface area contributed by atoms with E-state index in [9.17, 15) is 31.9 Å². The van der Waals surface area contributed by atoms with Crippen LogP contribution >= 0.6 is 11.6 Å². The third kappa shape index (κ3) is 4.37. The number of carbonyl (C=O) groups is 1. The molecule has 0 fully saturated rings. The lowest BCUT2D eigenvalue weighted by Gasteiger charge is -2.13. The van der Waals surface area contributed by atoms with Crippen LogP contribution in [-0.4, -0.2) is 16.1 Å². The largest absolute Gasteiger partial charge is 0.478 e. The van der Waals surface area contributed by atoms with Crippen LogP contribution < -0.4 is 0 Å². The molecule has 0 spiro atoms. The van der Waals surface area contributed by atoms with Crippen molar-refractivity contribution in [2.24, 2.45) is 0 Å². The van der Waals surface area contributed by atoms with Gasteiger partial charge in [-0.3, -0.25) is 4.98 Å². The topological polar surface area (TPSA) is 50.2 Å². The smallest absolute Gasteiger partial charge is 0.416 e. The Kier molecular flexibility index (Phi) is 5.57. The molecule has 1 N–H and O–H groups in total. The fourth-order valence-electron chi connectivity index (χ4n) is 2.75. The maximum Gasteiger partial charge on any atom is 0.416 e. The highest BCUT2D eigenvalue weighted by atomic mass is 35.5. The average Bonchev–Trinajstić information content (AvgIpc) is 2.64. The highest BCUT2D eigenvalue weighted by molar-refractivity contribution is 6.31. The summed E-state index contributed by atoms with van der Waals surface area (Å²) in [5.41, 5.74) is -1.67. The molecular formula is C20H11ClF5NO2. The third-order valence-corrected chi connectivity index (χ3v) is 4.53. The van der Waals surface area contributed by atoms with E-state index in [-0.39, 0.29) is 39.5 Å². The van der Waals surface area contributed by atoms with E-state index in [2.05, 4.69) is 4.98 Å². The molecule has 1 aromatic heterocycles. The summed E-state index contributed by atoms with van der Waals surface area (Å²) in [5.74, 6) is -3.66. The average molecular weight is 428 g/mol. The summed E-state index contributed by atoms with van der Waals surface area (Å²) >= 11 is 5.98. The van der Waals surface area contributed by atoms with E-state index >= 15 is 0 Å². The van der Waals surface area contributed by atoms with Crippen molar-refractivity contribution in [2.45, 2.75) is 12.6 Å². The molecule has 0 aliphatic heterocycles. The van der Waals surface area contributed by atoms with Crippen molar-refractivity contribution in [3.05, 3.63) is 87.6 Å². The summed E-state index contributed by atoms with van der Waals surface area (Å²) in [6, 6.07) is 8.39. The van der Waals surface area contributed by atoms with Crippen LogP contribution in [0, 0.1) is 11.6 Å². The number of pyridine rings is 1. The molecule has 2 aromatic carbocycles. The van der Waals surface area contributed by atoms with Crippen LogP contribution in [0.4, 0.5) is 22.0 Å². The standard InChI is InChI=1S/C20H11ClF5NO2/c21-14-6-4-11(20(24,25)26)8-10(14)9-17-13(19(28)29)5-7-16(27-17)12-2-1-3-15(22)18(12)23/h1-8H,9H2,(H,28,29). The van der Waals surface area contributed by atoms with Gasteiger partial charge in [0.1, 0.15) is 0 Å². The van der Waals surface area contributed by atoms with E-state index < -0.39 is 29.3 Å². The zero-order chi connectivity index (χ0) is 21.3. The number of rotatable bonds is 4. The van der Waals surface area contributed by atoms with Crippen molar-refractivity contribution >= 4 is 17.6 Å². The van der Waals surface area contributed by atoms with Crippen LogP contribution in [0.1, 0.15) is 27.2 Å². The second-order valence-corrected chi connectivity index (χ2v) is 6.49. The number of carboxylic acids is 1. The van der Waals surface area contributed by atoms with Crippen molar-refractivity contribution in [1.82, 2.24) is 4.98 Å². The number of halogens is 6. The molecule has 0 aliphatic carbocycles. The van der Waals surface area contributed by atoms with Gasteiger partial charge in [0.05, 0.1) is 22.5 Å². The first-order valence-electron chi connectivity index (χ1n) is 8.11. The molecule has 0 radical (unpaired) electrons. The SMILES string of the molecule is O=C(O)c1ccc(-c2cccc(F)c2F)nc1Cc1cc(C(F)(F)F)ccc1Cl. The van der Waals surface area contributed by atoms with Gasteiger partial charge in [0.2, 0.25) is 0 Å². The Morgan fingerprint density at radius 3 is 2.45 bits per heavy atom. The zero-order valence-corrected chi connectivity index (χ0v) is 15.2. The van der Waals surface area contributed by atoms with Gasteiger partial charge in [0, 0.05) is 17.0 Å². The van der Waals surface area contributed by atoms with E-state index in [4.69, 9.17) is 11.6 Å². The van der Waals surface area contributed by atoms with Crippen LogP contribution in [0.25, 0.3) is 11.3 Å². The molecule has 0 aliphatic rings. The van der Waals surface area contributed by atoms with Crippen LogP contribution in [0.3, 0.4) is 0 Å². The first-order chi connectivity index (χ1) is 13.6. The Morgan fingerprint density at radius 1 is 1.07 bits per heavy atom. The summed E-state index contributed by atoms with van der Waals surface area (Å²) in [4.78, 5) is 15.6. The Morgan fingerprint density at radius 2 is 1.79 bits per heavy atom. The molecule has 0 bridgehead atoms. The first-order valence-corrected chi connectivity index (χ1v) is 8.49. The highest BCUT2D eigenvalue weighted by Crippen LogP contribution is 2.33. The lowest BCUT2D eigenvalue weighted by molar-refractivity contribution is -0.137. The van der Waals surface area contributed by atoms with E-state index in [1.807, 2.05) is 0 Å². The number of aromatic nitrogens is 1. The van der Waals surface area contributed by atoms with Gasteiger partial charge in [-0.15, -0.1) is 0 Å². The molecule has 0 atom stereocenters. The normalized spacial score (nSPS) is 11.5. The molecule has 0 unspecified atom stereocenters. The van der Waals surface area contributed by atoms with Crippen molar-refractivity contribution in [1.29, 1.82) is 0 Å². The Bertz CT molecular complexity index is 1100. The van der Waals surface area contributed by atoms with Crippen molar-refractivity contribution in [2.75, 3.05) is 0 Å². The number of aromatic carboxylic acids is 1. The number of hydrogen-bond donors (Lipinski definition) is 1. The minimum atomic E-state index is -4.62. The van der Waals surface area contributed by atoms with Gasteiger partial charge in [-0.05, 0) is 48.0 Å². The molecule has 1 heterocycles. The molecule has 0 saturated carbocycles. The maximum absolute atomic E-state index is 14.1. The van der Waals surface area contributed by atoms with Gasteiger partial charge in [-0.1, -0.05) is 17.7 Å². The third-order valence-electron chi connectivity index (χ3n) is 4.16. The molecule has 3 aromatic rings. The summed E-state index contributed by atoms with van der Waals surface area (Å²) in [7, 11) is 0. The second kappa shape index (κ2) is 7.79. The second-order valence-electron chi connectivity index (χ2n) is 6.08. The zero-order valence-electron chi connectivity index (χ0n) is 14.4. The minimum absolute atomic E-state index is 0.00615. The molecule has 150 valence electrons. The molecule has 0 saturated heterocycles. The lowest BCUT2D eigenvalue weighted by Crippen LogP contribution is -2.09. The molecular weight excluding hydrogens is 417 g/mol. The fourth-order valence-corrected chi connectivity index (χ4v) is 2.93. The number of nitrogens with zero attached hydrogens (tertiary/aromatic N) is 1. The predicted molar refractivity (Wildman–Crippen MR) is 95.8 cm³/mol. The molecule has 0 amide bonds. The van der Waals surface area contributed by atoms with Gasteiger partial charge < -0.3 is 5.11 Å².